The first-order valence-electron chi connectivity index (χ1n) is 9.60. The van der Waals surface area contributed by atoms with Crippen molar-refractivity contribution in [3.63, 3.8) is 0 Å². The lowest BCUT2D eigenvalue weighted by atomic mass is 9.47. The van der Waals surface area contributed by atoms with Crippen molar-refractivity contribution in [3.8, 4) is 0 Å². The Bertz CT molecular complexity index is 595. The van der Waals surface area contributed by atoms with Crippen LogP contribution in [0.4, 0.5) is 0 Å². The van der Waals surface area contributed by atoms with Crippen LogP contribution in [0, 0.1) is 34.5 Å². The molecule has 3 fully saturated rings. The van der Waals surface area contributed by atoms with Gasteiger partial charge in [0.1, 0.15) is 5.78 Å². The van der Waals surface area contributed by atoms with E-state index in [1.54, 1.807) is 6.92 Å². The van der Waals surface area contributed by atoms with Gasteiger partial charge in [-0.2, -0.15) is 0 Å². The topological polar surface area (TPSA) is 34.1 Å². The third-order valence-electron chi connectivity index (χ3n) is 8.45. The van der Waals surface area contributed by atoms with E-state index in [4.69, 9.17) is 0 Å². The summed E-state index contributed by atoms with van der Waals surface area (Å²) in [7, 11) is 0. The van der Waals surface area contributed by atoms with E-state index in [1.165, 1.54) is 31.3 Å². The van der Waals surface area contributed by atoms with Crippen molar-refractivity contribution >= 4 is 24.0 Å². The third kappa shape index (κ3) is 2.35. The van der Waals surface area contributed by atoms with Gasteiger partial charge in [0.2, 0.25) is 0 Å². The number of halogens is 1. The molecule has 1 unspecified atom stereocenters. The molecule has 0 bridgehead atoms. The largest absolute Gasteiger partial charge is 0.300 e. The van der Waals surface area contributed by atoms with Gasteiger partial charge in [0, 0.05) is 12.3 Å². The fourth-order valence-electron chi connectivity index (χ4n) is 7.23. The first-order valence-corrected chi connectivity index (χ1v) is 9.60. The zero-order valence-electron chi connectivity index (χ0n) is 15.3. The highest BCUT2D eigenvalue weighted by Crippen LogP contribution is 2.66. The molecule has 0 N–H and O–H groups in total. The van der Waals surface area contributed by atoms with E-state index in [2.05, 4.69) is 13.8 Å². The number of carbonyl (C=O) groups excluding carboxylic acids is 2. The Morgan fingerprint density at radius 1 is 1.04 bits per heavy atom. The van der Waals surface area contributed by atoms with Crippen LogP contribution in [-0.2, 0) is 9.59 Å². The Labute approximate surface area is 152 Å². The lowest BCUT2D eigenvalue weighted by Crippen LogP contribution is -2.51. The van der Waals surface area contributed by atoms with Crippen LogP contribution in [0.5, 0.6) is 0 Å². The second kappa shape index (κ2) is 5.97. The van der Waals surface area contributed by atoms with Crippen molar-refractivity contribution in [2.45, 2.75) is 72.1 Å². The Hall–Kier alpha value is -0.630. The van der Waals surface area contributed by atoms with Crippen LogP contribution >= 0.6 is 12.4 Å². The lowest BCUT2D eigenvalue weighted by molar-refractivity contribution is -0.128. The van der Waals surface area contributed by atoms with Crippen LogP contribution in [0.15, 0.2) is 11.6 Å². The van der Waals surface area contributed by atoms with Crippen LogP contribution < -0.4 is 0 Å². The Balaban J connectivity index is 0.00000169. The Kier molecular flexibility index (Phi) is 4.52. The molecule has 0 amide bonds. The van der Waals surface area contributed by atoms with Gasteiger partial charge >= 0.3 is 0 Å². The van der Waals surface area contributed by atoms with Gasteiger partial charge in [0.05, 0.1) is 0 Å². The molecule has 0 spiro atoms. The average molecular weight is 351 g/mol. The molecule has 0 aromatic carbocycles. The molecule has 3 heteroatoms. The third-order valence-corrected chi connectivity index (χ3v) is 8.45. The molecule has 4 rings (SSSR count). The molecule has 6 atom stereocenters. The van der Waals surface area contributed by atoms with E-state index in [0.29, 0.717) is 17.5 Å². The van der Waals surface area contributed by atoms with Gasteiger partial charge in [-0.15, -0.1) is 12.4 Å². The number of ketones is 2. The molecular formula is C21H31ClO2. The van der Waals surface area contributed by atoms with Crippen molar-refractivity contribution in [3.05, 3.63) is 11.6 Å². The van der Waals surface area contributed by atoms with E-state index < -0.39 is 0 Å². The minimum Gasteiger partial charge on any atom is -0.300 e. The smallest absolute Gasteiger partial charge is 0.155 e. The second-order valence-electron chi connectivity index (χ2n) is 9.25. The fourth-order valence-corrected chi connectivity index (χ4v) is 7.23. The molecule has 0 saturated heterocycles. The van der Waals surface area contributed by atoms with Crippen molar-refractivity contribution < 1.29 is 9.59 Å². The second-order valence-corrected chi connectivity index (χ2v) is 9.25. The van der Waals surface area contributed by atoms with Gasteiger partial charge in [0.25, 0.3) is 0 Å². The van der Waals surface area contributed by atoms with Crippen LogP contribution in [0.2, 0.25) is 0 Å². The molecule has 0 aromatic heterocycles. The van der Waals surface area contributed by atoms with E-state index in [1.807, 2.05) is 6.08 Å². The summed E-state index contributed by atoms with van der Waals surface area (Å²) in [6.45, 7) is 6.65. The summed E-state index contributed by atoms with van der Waals surface area (Å²) in [4.78, 5) is 24.0. The molecule has 4 aliphatic carbocycles. The highest BCUT2D eigenvalue weighted by Gasteiger charge is 2.59. The Morgan fingerprint density at radius 2 is 1.79 bits per heavy atom. The number of hydrogen-bond donors (Lipinski definition) is 0. The average Bonchev–Trinajstić information content (AvgIpc) is 2.85. The van der Waals surface area contributed by atoms with Crippen molar-refractivity contribution in [2.24, 2.45) is 34.5 Å². The molecule has 2 nitrogen and oxygen atoms in total. The normalized spacial score (nSPS) is 47.0. The monoisotopic (exact) mass is 350 g/mol. The highest BCUT2D eigenvalue weighted by atomic mass is 35.5. The van der Waals surface area contributed by atoms with Gasteiger partial charge in [-0.05, 0) is 86.5 Å². The van der Waals surface area contributed by atoms with E-state index in [-0.39, 0.29) is 23.2 Å². The van der Waals surface area contributed by atoms with Crippen molar-refractivity contribution in [2.75, 3.05) is 0 Å². The summed E-state index contributed by atoms with van der Waals surface area (Å²) in [5, 5.41) is 0. The van der Waals surface area contributed by atoms with Gasteiger partial charge in [0.15, 0.2) is 5.78 Å². The van der Waals surface area contributed by atoms with Crippen LogP contribution in [0.3, 0.4) is 0 Å². The van der Waals surface area contributed by atoms with Gasteiger partial charge in [-0.25, -0.2) is 0 Å². The summed E-state index contributed by atoms with van der Waals surface area (Å²) in [6.07, 6.45) is 10.9. The van der Waals surface area contributed by atoms with Crippen LogP contribution in [0.1, 0.15) is 72.1 Å². The summed E-state index contributed by atoms with van der Waals surface area (Å²) in [5.41, 5.74) is 1.95. The number of carbonyl (C=O) groups is 2. The zero-order valence-corrected chi connectivity index (χ0v) is 16.1. The van der Waals surface area contributed by atoms with Crippen LogP contribution in [0.25, 0.3) is 0 Å². The molecule has 0 heterocycles. The molecule has 134 valence electrons. The minimum atomic E-state index is 0. The number of hydrogen-bond acceptors (Lipinski definition) is 2. The van der Waals surface area contributed by atoms with Gasteiger partial charge < -0.3 is 0 Å². The molecule has 3 saturated carbocycles. The van der Waals surface area contributed by atoms with E-state index in [0.717, 1.165) is 43.4 Å². The zero-order chi connectivity index (χ0) is 16.4. The summed E-state index contributed by atoms with van der Waals surface area (Å²) >= 11 is 0. The number of rotatable bonds is 1. The van der Waals surface area contributed by atoms with Crippen molar-refractivity contribution in [1.29, 1.82) is 0 Å². The fraction of sp³-hybridized carbons (Fsp3) is 0.810. The number of fused-ring (bicyclic) bond motifs is 5. The quantitative estimate of drug-likeness (QED) is 0.655. The molecule has 0 aromatic rings. The van der Waals surface area contributed by atoms with Gasteiger partial charge in [-0.3, -0.25) is 9.59 Å². The van der Waals surface area contributed by atoms with Crippen molar-refractivity contribution in [1.82, 2.24) is 0 Å². The molecule has 0 radical (unpaired) electrons. The summed E-state index contributed by atoms with van der Waals surface area (Å²) < 4.78 is 0. The highest BCUT2D eigenvalue weighted by molar-refractivity contribution is 5.91. The predicted octanol–water partition coefficient (Wildman–Crippen LogP) is 5.15. The molecule has 4 aliphatic rings. The maximum absolute atomic E-state index is 12.1. The minimum absolute atomic E-state index is 0. The SMILES string of the molecule is CC(=O)[C@H]1CC[C@H]2[C@@H]3CCC4=CC(=O)CCC4(C)[C@H]3CC[C@]12C.Cl. The first kappa shape index (κ1) is 18.2. The maximum Gasteiger partial charge on any atom is 0.155 e. The standard InChI is InChI=1S/C21H30O2.ClH/c1-13(22)17-6-7-18-16-5-4-14-12-15(23)8-10-20(14,2)19(16)9-11-21(17,18)3;/h12,16-19H,4-11H2,1-3H3;1H/t16-,17+,18-,19-,20?,21+;/m0./s1. The first-order chi connectivity index (χ1) is 10.9. The predicted molar refractivity (Wildman–Crippen MR) is 98.1 cm³/mol. The summed E-state index contributed by atoms with van der Waals surface area (Å²) in [5.74, 6) is 3.29. The summed E-state index contributed by atoms with van der Waals surface area (Å²) in [6, 6.07) is 0. The molecular weight excluding hydrogens is 320 g/mol. The lowest BCUT2D eigenvalue weighted by Gasteiger charge is -2.58. The molecule has 24 heavy (non-hydrogen) atoms. The number of Topliss-reactive ketones (excluding diaryl/α,β-unsaturated/α-hetero) is 1. The van der Waals surface area contributed by atoms with E-state index >= 15 is 0 Å². The maximum atomic E-state index is 12.1. The molecule has 0 aliphatic heterocycles. The van der Waals surface area contributed by atoms with Gasteiger partial charge in [-0.1, -0.05) is 19.4 Å². The number of allylic oxidation sites excluding steroid dienone is 1. The van der Waals surface area contributed by atoms with Crippen LogP contribution in [-0.4, -0.2) is 11.6 Å². The Morgan fingerprint density at radius 3 is 2.50 bits per heavy atom. The van der Waals surface area contributed by atoms with E-state index in [9.17, 15) is 9.59 Å².